The van der Waals surface area contributed by atoms with Gasteiger partial charge in [-0.2, -0.15) is 5.10 Å². The van der Waals surface area contributed by atoms with Crippen molar-refractivity contribution in [2.75, 3.05) is 26.2 Å². The first-order valence-corrected chi connectivity index (χ1v) is 10.1. The molecule has 4 heterocycles. The number of amides is 1. The van der Waals surface area contributed by atoms with E-state index in [1.165, 1.54) is 5.56 Å². The van der Waals surface area contributed by atoms with Gasteiger partial charge in [-0.25, -0.2) is 9.50 Å². The minimum Gasteiger partial charge on any atom is -0.336 e. The normalized spacial score (nSPS) is 14.9. The van der Waals surface area contributed by atoms with Crippen LogP contribution >= 0.6 is 0 Å². The van der Waals surface area contributed by atoms with Gasteiger partial charge in [-0.05, 0) is 23.8 Å². The monoisotopic (exact) mass is 398 g/mol. The van der Waals surface area contributed by atoms with Crippen LogP contribution in [-0.2, 0) is 6.54 Å². The van der Waals surface area contributed by atoms with Gasteiger partial charge >= 0.3 is 0 Å². The summed E-state index contributed by atoms with van der Waals surface area (Å²) in [6.07, 6.45) is 7.01. The van der Waals surface area contributed by atoms with Gasteiger partial charge < -0.3 is 4.90 Å². The Morgan fingerprint density at radius 1 is 0.900 bits per heavy atom. The number of aromatic nitrogens is 4. The van der Waals surface area contributed by atoms with Gasteiger partial charge in [0, 0.05) is 56.9 Å². The highest BCUT2D eigenvalue weighted by atomic mass is 16.2. The maximum Gasteiger partial charge on any atom is 0.259 e. The molecule has 1 saturated heterocycles. The lowest BCUT2D eigenvalue weighted by Crippen LogP contribution is -2.48. The van der Waals surface area contributed by atoms with Gasteiger partial charge in [0.15, 0.2) is 5.65 Å². The van der Waals surface area contributed by atoms with Crippen LogP contribution in [0.2, 0.25) is 0 Å². The number of carbonyl (C=O) groups excluding carboxylic acids is 1. The van der Waals surface area contributed by atoms with Gasteiger partial charge in [-0.15, -0.1) is 0 Å². The molecule has 0 aliphatic carbocycles. The number of nitrogens with zero attached hydrogens (tertiary/aromatic N) is 6. The summed E-state index contributed by atoms with van der Waals surface area (Å²) in [6.45, 7) is 3.95. The van der Waals surface area contributed by atoms with Gasteiger partial charge in [0.1, 0.15) is 5.56 Å². The van der Waals surface area contributed by atoms with E-state index in [1.54, 1.807) is 16.9 Å². The quantitative estimate of drug-likeness (QED) is 0.529. The third-order valence-electron chi connectivity index (χ3n) is 5.52. The maximum atomic E-state index is 13.2. The number of pyridine rings is 1. The lowest BCUT2D eigenvalue weighted by molar-refractivity contribution is 0.0630. The highest BCUT2D eigenvalue weighted by Crippen LogP contribution is 2.21. The summed E-state index contributed by atoms with van der Waals surface area (Å²) in [6, 6.07) is 16.0. The van der Waals surface area contributed by atoms with Crippen LogP contribution in [0.3, 0.4) is 0 Å². The summed E-state index contributed by atoms with van der Waals surface area (Å²) in [5.41, 5.74) is 4.35. The Morgan fingerprint density at radius 2 is 1.67 bits per heavy atom. The van der Waals surface area contributed by atoms with Crippen LogP contribution in [0.5, 0.6) is 0 Å². The van der Waals surface area contributed by atoms with Gasteiger partial charge in [-0.3, -0.25) is 14.7 Å². The van der Waals surface area contributed by atoms with E-state index in [0.717, 1.165) is 30.9 Å². The smallest absolute Gasteiger partial charge is 0.259 e. The average Bonchev–Trinajstić information content (AvgIpc) is 3.25. The third-order valence-corrected chi connectivity index (χ3v) is 5.52. The van der Waals surface area contributed by atoms with Gasteiger partial charge in [0.05, 0.1) is 11.9 Å². The molecule has 0 spiro atoms. The molecule has 1 fully saturated rings. The highest BCUT2D eigenvalue weighted by molar-refractivity contribution is 6.00. The number of benzene rings is 1. The van der Waals surface area contributed by atoms with Gasteiger partial charge in [-0.1, -0.05) is 30.3 Å². The molecule has 5 rings (SSSR count). The first-order valence-electron chi connectivity index (χ1n) is 10.1. The Kier molecular flexibility index (Phi) is 4.94. The Labute approximate surface area is 174 Å². The van der Waals surface area contributed by atoms with E-state index in [0.29, 0.717) is 24.3 Å². The van der Waals surface area contributed by atoms with E-state index in [2.05, 4.69) is 20.0 Å². The number of carbonyl (C=O) groups is 1. The predicted molar refractivity (Wildman–Crippen MR) is 114 cm³/mol. The van der Waals surface area contributed by atoms with E-state index >= 15 is 0 Å². The molecule has 7 nitrogen and oxygen atoms in total. The topological polar surface area (TPSA) is 66.6 Å². The SMILES string of the molecule is O=C(c1cnn2c(-c3ccccc3)ccnc12)N1CCN(Cc2ccncc2)CC1. The molecular formula is C23H22N6O. The van der Waals surface area contributed by atoms with Crippen LogP contribution < -0.4 is 0 Å². The molecule has 1 aliphatic rings. The second-order valence-corrected chi connectivity index (χ2v) is 7.41. The molecule has 1 aliphatic heterocycles. The number of fused-ring (bicyclic) bond motifs is 1. The van der Waals surface area contributed by atoms with E-state index in [4.69, 9.17) is 0 Å². The van der Waals surface area contributed by atoms with Crippen LogP contribution in [0.1, 0.15) is 15.9 Å². The minimum atomic E-state index is -0.00808. The molecule has 0 saturated carbocycles. The minimum absolute atomic E-state index is 0.00808. The van der Waals surface area contributed by atoms with Crippen LogP contribution in [0.4, 0.5) is 0 Å². The standard InChI is InChI=1S/C23H22N6O/c30-23(28-14-12-27(13-15-28)17-18-6-9-24-10-7-18)20-16-26-29-21(8-11-25-22(20)29)19-4-2-1-3-5-19/h1-11,16H,12-15,17H2. The van der Waals surface area contributed by atoms with Crippen molar-refractivity contribution in [2.45, 2.75) is 6.54 Å². The van der Waals surface area contributed by atoms with E-state index in [1.807, 2.05) is 65.8 Å². The van der Waals surface area contributed by atoms with Crippen molar-refractivity contribution < 1.29 is 4.79 Å². The first-order chi connectivity index (χ1) is 14.8. The molecule has 150 valence electrons. The van der Waals surface area contributed by atoms with Gasteiger partial charge in [0.2, 0.25) is 0 Å². The Hall–Kier alpha value is -3.58. The van der Waals surface area contributed by atoms with Crippen LogP contribution in [0, 0.1) is 0 Å². The van der Waals surface area contributed by atoms with Crippen molar-refractivity contribution in [3.05, 3.63) is 84.4 Å². The molecule has 1 amide bonds. The van der Waals surface area contributed by atoms with Crippen molar-refractivity contribution in [1.29, 1.82) is 0 Å². The highest BCUT2D eigenvalue weighted by Gasteiger charge is 2.25. The molecule has 0 radical (unpaired) electrons. The van der Waals surface area contributed by atoms with Crippen LogP contribution in [0.25, 0.3) is 16.9 Å². The van der Waals surface area contributed by atoms with E-state index in [9.17, 15) is 4.79 Å². The fraction of sp³-hybridized carbons (Fsp3) is 0.217. The van der Waals surface area contributed by atoms with Crippen molar-refractivity contribution in [1.82, 2.24) is 29.4 Å². The van der Waals surface area contributed by atoms with E-state index in [-0.39, 0.29) is 5.91 Å². The lowest BCUT2D eigenvalue weighted by Gasteiger charge is -2.34. The molecule has 30 heavy (non-hydrogen) atoms. The summed E-state index contributed by atoms with van der Waals surface area (Å²) < 4.78 is 1.75. The Balaban J connectivity index is 1.32. The summed E-state index contributed by atoms with van der Waals surface area (Å²) in [5.74, 6) is -0.00808. The average molecular weight is 398 g/mol. The summed E-state index contributed by atoms with van der Waals surface area (Å²) in [7, 11) is 0. The van der Waals surface area contributed by atoms with Gasteiger partial charge in [0.25, 0.3) is 5.91 Å². The molecule has 4 aromatic rings. The molecule has 3 aromatic heterocycles. The van der Waals surface area contributed by atoms with Crippen molar-refractivity contribution >= 4 is 11.6 Å². The molecule has 0 N–H and O–H groups in total. The fourth-order valence-electron chi connectivity index (χ4n) is 3.90. The molecule has 7 heteroatoms. The fourth-order valence-corrected chi connectivity index (χ4v) is 3.90. The van der Waals surface area contributed by atoms with Crippen LogP contribution in [-0.4, -0.2) is 61.5 Å². The number of rotatable bonds is 4. The number of hydrogen-bond donors (Lipinski definition) is 0. The van der Waals surface area contributed by atoms with Crippen molar-refractivity contribution in [3.8, 4) is 11.3 Å². The molecular weight excluding hydrogens is 376 g/mol. The predicted octanol–water partition coefficient (Wildman–Crippen LogP) is 2.75. The largest absolute Gasteiger partial charge is 0.336 e. The Morgan fingerprint density at radius 3 is 2.43 bits per heavy atom. The molecule has 0 bridgehead atoms. The Bertz CT molecular complexity index is 1150. The van der Waals surface area contributed by atoms with Crippen molar-refractivity contribution in [3.63, 3.8) is 0 Å². The molecule has 0 atom stereocenters. The molecule has 0 unspecified atom stereocenters. The third kappa shape index (κ3) is 3.55. The van der Waals surface area contributed by atoms with E-state index < -0.39 is 0 Å². The first kappa shape index (κ1) is 18.4. The zero-order valence-corrected chi connectivity index (χ0v) is 16.6. The zero-order chi connectivity index (χ0) is 20.3. The van der Waals surface area contributed by atoms with Crippen molar-refractivity contribution in [2.24, 2.45) is 0 Å². The molecule has 1 aromatic carbocycles. The maximum absolute atomic E-state index is 13.2. The number of hydrogen-bond acceptors (Lipinski definition) is 5. The summed E-state index contributed by atoms with van der Waals surface area (Å²) >= 11 is 0. The number of piperazine rings is 1. The second kappa shape index (κ2) is 8.04. The summed E-state index contributed by atoms with van der Waals surface area (Å²) in [4.78, 5) is 26.0. The van der Waals surface area contributed by atoms with Crippen LogP contribution in [0.15, 0.2) is 73.3 Å². The summed E-state index contributed by atoms with van der Waals surface area (Å²) in [5, 5.41) is 4.47. The zero-order valence-electron chi connectivity index (χ0n) is 16.6. The second-order valence-electron chi connectivity index (χ2n) is 7.41. The lowest BCUT2D eigenvalue weighted by atomic mass is 10.1.